The van der Waals surface area contributed by atoms with Crippen molar-refractivity contribution in [3.63, 3.8) is 0 Å². The van der Waals surface area contributed by atoms with E-state index in [1.165, 1.54) is 23.3 Å². The Kier molecular flexibility index (Phi) is 2.71. The van der Waals surface area contributed by atoms with Gasteiger partial charge < -0.3 is 0 Å². The first-order valence-corrected chi connectivity index (χ1v) is 8.51. The van der Waals surface area contributed by atoms with Crippen molar-refractivity contribution >= 4 is 32.4 Å². The molecule has 1 aromatic heterocycles. The number of nitrogens with one attached hydrogen (secondary N) is 1. The van der Waals surface area contributed by atoms with Crippen LogP contribution in [0.2, 0.25) is 0 Å². The number of para-hydroxylation sites is 1. The van der Waals surface area contributed by atoms with Crippen LogP contribution >= 0.6 is 11.3 Å². The topological polar surface area (TPSA) is 37.3 Å². The fourth-order valence-electron chi connectivity index (χ4n) is 4.13. The van der Waals surface area contributed by atoms with Crippen molar-refractivity contribution in [2.45, 2.75) is 40.0 Å². The van der Waals surface area contributed by atoms with Gasteiger partial charge in [-0.3, -0.25) is 5.43 Å². The first kappa shape index (κ1) is 13.3. The van der Waals surface area contributed by atoms with Gasteiger partial charge in [0, 0.05) is 11.1 Å². The minimum absolute atomic E-state index is 0.251. The molecule has 2 aliphatic carbocycles. The highest BCUT2D eigenvalue weighted by atomic mass is 32.1. The van der Waals surface area contributed by atoms with Crippen molar-refractivity contribution in [2.75, 3.05) is 5.43 Å². The summed E-state index contributed by atoms with van der Waals surface area (Å²) < 4.78 is 1.21. The van der Waals surface area contributed by atoms with Gasteiger partial charge in [0.05, 0.1) is 10.2 Å². The molecule has 0 radical (unpaired) electrons. The highest BCUT2D eigenvalue weighted by molar-refractivity contribution is 7.22. The average molecular weight is 299 g/mol. The van der Waals surface area contributed by atoms with Crippen molar-refractivity contribution in [1.29, 1.82) is 0 Å². The number of rotatable bonds is 2. The van der Waals surface area contributed by atoms with Crippen LogP contribution in [-0.2, 0) is 0 Å². The number of thiazole rings is 1. The highest BCUT2D eigenvalue weighted by Crippen LogP contribution is 2.63. The molecule has 0 saturated heterocycles. The minimum Gasteiger partial charge on any atom is -0.253 e. The smallest absolute Gasteiger partial charge is 0.204 e. The van der Waals surface area contributed by atoms with Crippen LogP contribution in [0.4, 0.5) is 5.13 Å². The number of hydrogen-bond acceptors (Lipinski definition) is 4. The Morgan fingerprint density at radius 3 is 2.76 bits per heavy atom. The van der Waals surface area contributed by atoms with Gasteiger partial charge in [-0.05, 0) is 42.7 Å². The monoisotopic (exact) mass is 299 g/mol. The molecule has 1 heterocycles. The van der Waals surface area contributed by atoms with Crippen molar-refractivity contribution in [3.05, 3.63) is 24.3 Å². The Balaban J connectivity index is 1.62. The summed E-state index contributed by atoms with van der Waals surface area (Å²) in [7, 11) is 0. The second-order valence-corrected chi connectivity index (χ2v) is 8.18. The van der Waals surface area contributed by atoms with Crippen LogP contribution in [0.15, 0.2) is 29.4 Å². The van der Waals surface area contributed by atoms with Crippen LogP contribution < -0.4 is 5.43 Å². The maximum absolute atomic E-state index is 4.75. The number of hydrogen-bond donors (Lipinski definition) is 1. The van der Waals surface area contributed by atoms with Gasteiger partial charge in [0.25, 0.3) is 0 Å². The van der Waals surface area contributed by atoms with Crippen LogP contribution in [0.25, 0.3) is 10.2 Å². The number of fused-ring (bicyclic) bond motifs is 3. The van der Waals surface area contributed by atoms with Crippen LogP contribution in [0.3, 0.4) is 0 Å². The second-order valence-electron chi connectivity index (χ2n) is 7.15. The number of benzene rings is 1. The van der Waals surface area contributed by atoms with E-state index >= 15 is 0 Å². The third-order valence-corrected chi connectivity index (χ3v) is 7.03. The predicted octanol–water partition coefficient (Wildman–Crippen LogP) is 4.91. The molecule has 0 unspecified atom stereocenters. The highest BCUT2D eigenvalue weighted by Gasteiger charge is 2.59. The van der Waals surface area contributed by atoms with E-state index in [1.54, 1.807) is 11.3 Å². The first-order valence-electron chi connectivity index (χ1n) is 7.69. The van der Waals surface area contributed by atoms with Gasteiger partial charge in [-0.15, -0.1) is 0 Å². The number of anilines is 1. The summed E-state index contributed by atoms with van der Waals surface area (Å²) in [6, 6.07) is 8.23. The number of nitrogens with zero attached hydrogens (tertiary/aromatic N) is 2. The van der Waals surface area contributed by atoms with Gasteiger partial charge in [-0.2, -0.15) is 5.10 Å². The zero-order chi connectivity index (χ0) is 14.7. The lowest BCUT2D eigenvalue weighted by atomic mass is 9.70. The summed E-state index contributed by atoms with van der Waals surface area (Å²) in [5.74, 6) is 0.790. The van der Waals surface area contributed by atoms with E-state index in [4.69, 9.17) is 5.10 Å². The van der Waals surface area contributed by atoms with Crippen molar-refractivity contribution < 1.29 is 0 Å². The molecule has 4 rings (SSSR count). The van der Waals surface area contributed by atoms with Gasteiger partial charge in [-0.25, -0.2) is 4.98 Å². The number of aromatic nitrogens is 1. The van der Waals surface area contributed by atoms with Gasteiger partial charge in [0.1, 0.15) is 0 Å². The fourth-order valence-corrected chi connectivity index (χ4v) is 4.94. The van der Waals surface area contributed by atoms with Crippen LogP contribution in [0, 0.1) is 16.7 Å². The molecule has 2 fully saturated rings. The molecule has 3 nitrogen and oxygen atoms in total. The molecule has 110 valence electrons. The standard InChI is InChI=1S/C17H21N3S/c1-16(2)11-8-9-17(16,3)14(10-11)19-20-15-18-12-6-4-5-7-13(12)21-15/h4-7,11H,8-10H2,1-3H3,(H,18,20)/b19-14-/t11-,17-/m1/s1. The zero-order valence-electron chi connectivity index (χ0n) is 12.8. The lowest BCUT2D eigenvalue weighted by Crippen LogP contribution is -2.32. The van der Waals surface area contributed by atoms with Gasteiger partial charge in [0.2, 0.25) is 5.13 Å². The summed E-state index contributed by atoms with van der Waals surface area (Å²) in [5, 5.41) is 5.65. The van der Waals surface area contributed by atoms with Crippen LogP contribution in [0.1, 0.15) is 40.0 Å². The third-order valence-electron chi connectivity index (χ3n) is 6.09. The maximum Gasteiger partial charge on any atom is 0.204 e. The second kappa shape index (κ2) is 4.29. The molecule has 21 heavy (non-hydrogen) atoms. The quantitative estimate of drug-likeness (QED) is 0.800. The SMILES string of the molecule is CC1(C)[C@@H]2CC[C@]1(C)/C(=N\Nc1nc3ccccc3s1)C2. The lowest BCUT2D eigenvalue weighted by Gasteiger charge is -2.34. The molecule has 1 N–H and O–H groups in total. The predicted molar refractivity (Wildman–Crippen MR) is 89.9 cm³/mol. The normalized spacial score (nSPS) is 32.1. The zero-order valence-corrected chi connectivity index (χ0v) is 13.6. The van der Waals surface area contributed by atoms with E-state index in [1.807, 2.05) is 12.1 Å². The molecule has 4 heteroatoms. The third kappa shape index (κ3) is 1.78. The fraction of sp³-hybridized carbons (Fsp3) is 0.529. The van der Waals surface area contributed by atoms with E-state index in [0.29, 0.717) is 5.41 Å². The van der Waals surface area contributed by atoms with E-state index in [2.05, 4.69) is 43.3 Å². The van der Waals surface area contributed by atoms with Crippen LogP contribution in [0.5, 0.6) is 0 Å². The molecule has 0 aliphatic heterocycles. The van der Waals surface area contributed by atoms with E-state index < -0.39 is 0 Å². The average Bonchev–Trinajstić information content (AvgIpc) is 3.02. The first-order chi connectivity index (χ1) is 10.0. The summed E-state index contributed by atoms with van der Waals surface area (Å²) in [6.07, 6.45) is 3.76. The molecular weight excluding hydrogens is 278 g/mol. The molecule has 0 amide bonds. The molecule has 0 spiro atoms. The van der Waals surface area contributed by atoms with Crippen molar-refractivity contribution in [3.8, 4) is 0 Å². The van der Waals surface area contributed by atoms with Crippen molar-refractivity contribution in [1.82, 2.24) is 4.98 Å². The van der Waals surface area contributed by atoms with E-state index in [0.717, 1.165) is 23.0 Å². The Bertz CT molecular complexity index is 697. The summed E-state index contributed by atoms with van der Waals surface area (Å²) >= 11 is 1.67. The van der Waals surface area contributed by atoms with Crippen molar-refractivity contribution in [2.24, 2.45) is 21.8 Å². The molecule has 1 aromatic carbocycles. The summed E-state index contributed by atoms with van der Waals surface area (Å²) in [5.41, 5.74) is 6.23. The Morgan fingerprint density at radius 2 is 2.10 bits per heavy atom. The Hall–Kier alpha value is -1.42. The van der Waals surface area contributed by atoms with Crippen LogP contribution in [-0.4, -0.2) is 10.7 Å². The van der Waals surface area contributed by atoms with Gasteiger partial charge >= 0.3 is 0 Å². The van der Waals surface area contributed by atoms with E-state index in [-0.39, 0.29) is 5.41 Å². The molecule has 2 bridgehead atoms. The largest absolute Gasteiger partial charge is 0.253 e. The lowest BCUT2D eigenvalue weighted by molar-refractivity contribution is 0.194. The molecule has 2 atom stereocenters. The van der Waals surface area contributed by atoms with Gasteiger partial charge in [0.15, 0.2) is 0 Å². The molecule has 2 saturated carbocycles. The van der Waals surface area contributed by atoms with Gasteiger partial charge in [-0.1, -0.05) is 44.2 Å². The summed E-state index contributed by atoms with van der Waals surface area (Å²) in [4.78, 5) is 4.60. The summed E-state index contributed by atoms with van der Waals surface area (Å²) in [6.45, 7) is 7.20. The Morgan fingerprint density at radius 1 is 1.29 bits per heavy atom. The molecule has 2 aliphatic rings. The molecule has 2 aromatic rings. The maximum atomic E-state index is 4.75. The number of hydrazone groups is 1. The Labute approximate surface area is 129 Å². The minimum atomic E-state index is 0.251. The molecular formula is C17H21N3S. The van der Waals surface area contributed by atoms with E-state index in [9.17, 15) is 0 Å².